The van der Waals surface area contributed by atoms with Crippen molar-refractivity contribution in [3.63, 3.8) is 0 Å². The third-order valence-electron chi connectivity index (χ3n) is 4.19. The lowest BCUT2D eigenvalue weighted by molar-refractivity contribution is 0.114. The maximum Gasteiger partial charge on any atom is 0.227 e. The number of rotatable bonds is 10. The number of benzene rings is 2. The molecule has 1 heterocycles. The van der Waals surface area contributed by atoms with Crippen molar-refractivity contribution >= 4 is 0 Å². The van der Waals surface area contributed by atoms with Gasteiger partial charge in [-0.3, -0.25) is 0 Å². The fourth-order valence-electron chi connectivity index (χ4n) is 2.81. The first-order chi connectivity index (χ1) is 12.9. The van der Waals surface area contributed by atoms with E-state index in [4.69, 9.17) is 14.3 Å². The van der Waals surface area contributed by atoms with Crippen LogP contribution in [0, 0.1) is 0 Å². The second-order valence-electron chi connectivity index (χ2n) is 6.22. The maximum absolute atomic E-state index is 8.80. The zero-order valence-corrected chi connectivity index (χ0v) is 14.9. The Morgan fingerprint density at radius 3 is 2.15 bits per heavy atom. The van der Waals surface area contributed by atoms with E-state index in [-0.39, 0.29) is 6.61 Å². The van der Waals surface area contributed by atoms with Crippen molar-refractivity contribution in [2.45, 2.75) is 32.3 Å². The van der Waals surface area contributed by atoms with E-state index in [2.05, 4.69) is 4.98 Å². The number of aliphatic hydroxyl groups excluding tert-OH is 1. The first-order valence-corrected chi connectivity index (χ1v) is 9.17. The molecule has 0 bridgehead atoms. The van der Waals surface area contributed by atoms with E-state index >= 15 is 0 Å². The van der Waals surface area contributed by atoms with Crippen molar-refractivity contribution in [2.75, 3.05) is 13.2 Å². The SMILES string of the molecule is OCCCCCCOCc1nc(-c2ccccc2)oc1-c1ccccc1. The molecule has 3 rings (SSSR count). The number of unbranched alkanes of at least 4 members (excludes halogenated alkanes) is 3. The highest BCUT2D eigenvalue weighted by Crippen LogP contribution is 2.30. The van der Waals surface area contributed by atoms with Gasteiger partial charge in [-0.05, 0) is 25.0 Å². The van der Waals surface area contributed by atoms with E-state index in [1.54, 1.807) is 0 Å². The summed E-state index contributed by atoms with van der Waals surface area (Å²) in [4.78, 5) is 4.68. The minimum Gasteiger partial charge on any atom is -0.436 e. The summed E-state index contributed by atoms with van der Waals surface area (Å²) in [5.41, 5.74) is 2.79. The molecule has 0 saturated heterocycles. The Bertz CT molecular complexity index is 769. The molecule has 0 unspecified atom stereocenters. The minimum absolute atomic E-state index is 0.266. The smallest absolute Gasteiger partial charge is 0.227 e. The third kappa shape index (κ3) is 5.04. The summed E-state index contributed by atoms with van der Waals surface area (Å²) in [5.74, 6) is 1.38. The van der Waals surface area contributed by atoms with Gasteiger partial charge in [-0.2, -0.15) is 0 Å². The topological polar surface area (TPSA) is 55.5 Å². The third-order valence-corrected chi connectivity index (χ3v) is 4.19. The second-order valence-corrected chi connectivity index (χ2v) is 6.22. The van der Waals surface area contributed by atoms with Crippen LogP contribution in [-0.4, -0.2) is 23.3 Å². The molecule has 1 aromatic heterocycles. The van der Waals surface area contributed by atoms with Crippen LogP contribution in [0.1, 0.15) is 31.4 Å². The van der Waals surface area contributed by atoms with Crippen LogP contribution in [0.4, 0.5) is 0 Å². The summed E-state index contributed by atoms with van der Waals surface area (Å²) < 4.78 is 11.9. The lowest BCUT2D eigenvalue weighted by Gasteiger charge is -2.04. The lowest BCUT2D eigenvalue weighted by Crippen LogP contribution is -1.98. The largest absolute Gasteiger partial charge is 0.436 e. The molecular formula is C22H25NO3. The molecule has 0 amide bonds. The Morgan fingerprint density at radius 1 is 0.808 bits per heavy atom. The number of hydrogen-bond acceptors (Lipinski definition) is 4. The van der Waals surface area contributed by atoms with Crippen LogP contribution in [-0.2, 0) is 11.3 Å². The summed E-state index contributed by atoms with van der Waals surface area (Å²) >= 11 is 0. The highest BCUT2D eigenvalue weighted by Gasteiger charge is 2.16. The minimum atomic E-state index is 0.266. The van der Waals surface area contributed by atoms with E-state index in [1.165, 1.54) is 0 Å². The van der Waals surface area contributed by atoms with Crippen LogP contribution in [0.2, 0.25) is 0 Å². The van der Waals surface area contributed by atoms with Gasteiger partial charge in [0, 0.05) is 24.3 Å². The fraction of sp³-hybridized carbons (Fsp3) is 0.318. The van der Waals surface area contributed by atoms with E-state index in [1.807, 2.05) is 60.7 Å². The van der Waals surface area contributed by atoms with Crippen LogP contribution in [0.5, 0.6) is 0 Å². The van der Waals surface area contributed by atoms with Crippen molar-refractivity contribution in [3.05, 3.63) is 66.4 Å². The molecule has 0 saturated carbocycles. The fourth-order valence-corrected chi connectivity index (χ4v) is 2.81. The van der Waals surface area contributed by atoms with Gasteiger partial charge in [-0.25, -0.2) is 4.98 Å². The van der Waals surface area contributed by atoms with Gasteiger partial charge in [0.25, 0.3) is 0 Å². The Hall–Kier alpha value is -2.43. The molecule has 4 heteroatoms. The van der Waals surface area contributed by atoms with Gasteiger partial charge >= 0.3 is 0 Å². The average Bonchev–Trinajstić information content (AvgIpc) is 3.13. The average molecular weight is 351 g/mol. The Kier molecular flexibility index (Phi) is 6.99. The summed E-state index contributed by atoms with van der Waals surface area (Å²) in [6.07, 6.45) is 3.96. The Balaban J connectivity index is 1.70. The molecular weight excluding hydrogens is 326 g/mol. The standard InChI is InChI=1S/C22H25NO3/c24-15-9-1-2-10-16-25-17-20-21(18-11-5-3-6-12-18)26-22(23-20)19-13-7-4-8-14-19/h3-8,11-14,24H,1-2,9-10,15-17H2. The van der Waals surface area contributed by atoms with Gasteiger partial charge in [0.15, 0.2) is 5.76 Å². The van der Waals surface area contributed by atoms with E-state index in [0.717, 1.165) is 48.3 Å². The van der Waals surface area contributed by atoms with Gasteiger partial charge in [0.1, 0.15) is 5.69 Å². The molecule has 1 N–H and O–H groups in total. The Morgan fingerprint density at radius 2 is 1.46 bits per heavy atom. The number of oxazole rings is 1. The molecule has 0 aliphatic heterocycles. The quantitative estimate of drug-likeness (QED) is 0.518. The summed E-state index contributed by atoms with van der Waals surface area (Å²) in [7, 11) is 0. The van der Waals surface area contributed by atoms with E-state index in [0.29, 0.717) is 19.1 Å². The molecule has 0 aliphatic rings. The van der Waals surface area contributed by atoms with Crippen molar-refractivity contribution in [2.24, 2.45) is 0 Å². The van der Waals surface area contributed by atoms with Gasteiger partial charge in [0.05, 0.1) is 6.61 Å². The summed E-state index contributed by atoms with van der Waals surface area (Å²) in [6.45, 7) is 1.39. The molecule has 0 atom stereocenters. The number of hydrogen-bond donors (Lipinski definition) is 1. The number of aliphatic hydroxyl groups is 1. The molecule has 26 heavy (non-hydrogen) atoms. The second kappa shape index (κ2) is 9.90. The molecule has 3 aromatic rings. The summed E-state index contributed by atoms with van der Waals surface area (Å²) in [5, 5.41) is 8.80. The Labute approximate surface area is 154 Å². The molecule has 0 fully saturated rings. The van der Waals surface area contributed by atoms with Crippen molar-refractivity contribution < 1.29 is 14.3 Å². The monoisotopic (exact) mass is 351 g/mol. The zero-order chi connectivity index (χ0) is 18.0. The predicted octanol–water partition coefficient (Wildman–Crippen LogP) is 5.08. The van der Waals surface area contributed by atoms with Crippen molar-refractivity contribution in [1.82, 2.24) is 4.98 Å². The normalized spacial score (nSPS) is 11.0. The molecule has 4 nitrogen and oxygen atoms in total. The van der Waals surface area contributed by atoms with Crippen LogP contribution in [0.3, 0.4) is 0 Å². The number of nitrogens with zero attached hydrogens (tertiary/aromatic N) is 1. The summed E-state index contributed by atoms with van der Waals surface area (Å²) in [6, 6.07) is 19.9. The van der Waals surface area contributed by atoms with Gasteiger partial charge in [-0.1, -0.05) is 61.4 Å². The number of aromatic nitrogens is 1. The van der Waals surface area contributed by atoms with Crippen LogP contribution < -0.4 is 0 Å². The number of ether oxygens (including phenoxy) is 1. The molecule has 0 aliphatic carbocycles. The van der Waals surface area contributed by atoms with Crippen LogP contribution >= 0.6 is 0 Å². The van der Waals surface area contributed by atoms with Crippen molar-refractivity contribution in [1.29, 1.82) is 0 Å². The molecule has 0 radical (unpaired) electrons. The van der Waals surface area contributed by atoms with Gasteiger partial charge < -0.3 is 14.3 Å². The van der Waals surface area contributed by atoms with Gasteiger partial charge in [-0.15, -0.1) is 0 Å². The zero-order valence-electron chi connectivity index (χ0n) is 14.9. The lowest BCUT2D eigenvalue weighted by atomic mass is 10.1. The molecule has 136 valence electrons. The maximum atomic E-state index is 8.80. The van der Waals surface area contributed by atoms with Crippen LogP contribution in [0.25, 0.3) is 22.8 Å². The highest BCUT2D eigenvalue weighted by molar-refractivity contribution is 5.64. The van der Waals surface area contributed by atoms with E-state index < -0.39 is 0 Å². The predicted molar refractivity (Wildman–Crippen MR) is 103 cm³/mol. The first kappa shape index (κ1) is 18.4. The van der Waals surface area contributed by atoms with Gasteiger partial charge in [0.2, 0.25) is 5.89 Å². The van der Waals surface area contributed by atoms with Crippen molar-refractivity contribution in [3.8, 4) is 22.8 Å². The molecule has 2 aromatic carbocycles. The van der Waals surface area contributed by atoms with Crippen LogP contribution in [0.15, 0.2) is 65.1 Å². The van der Waals surface area contributed by atoms with E-state index in [9.17, 15) is 0 Å². The first-order valence-electron chi connectivity index (χ1n) is 9.17. The molecule has 0 spiro atoms. The highest BCUT2D eigenvalue weighted by atomic mass is 16.5.